The Kier molecular flexibility index (Phi) is 6.14. The van der Waals surface area contributed by atoms with Crippen molar-refractivity contribution in [2.45, 2.75) is 11.3 Å². The molecule has 0 aliphatic rings. The highest BCUT2D eigenvalue weighted by Crippen LogP contribution is 2.26. The molecule has 0 aliphatic heterocycles. The van der Waals surface area contributed by atoms with Crippen molar-refractivity contribution in [3.05, 3.63) is 64.6 Å². The number of nitrogens with one attached hydrogen (secondary N) is 1. The van der Waals surface area contributed by atoms with E-state index >= 15 is 0 Å². The zero-order valence-electron chi connectivity index (χ0n) is 15.2. The summed E-state index contributed by atoms with van der Waals surface area (Å²) in [5.41, 5.74) is 2.08. The van der Waals surface area contributed by atoms with Gasteiger partial charge in [-0.3, -0.25) is 4.79 Å². The standard InChI is InChI=1S/C19H18ClN3O3S2/c1-23(2)28(25,26)17-8-6-15(7-9-17)21-18(24)11-16-12-27-19(22-16)13-4-3-5-14(20)10-13/h3-10,12H,11H2,1-2H3,(H,21,24). The number of amides is 1. The molecule has 0 fully saturated rings. The number of hydrogen-bond acceptors (Lipinski definition) is 5. The second kappa shape index (κ2) is 8.40. The molecule has 0 atom stereocenters. The van der Waals surface area contributed by atoms with E-state index in [9.17, 15) is 13.2 Å². The minimum absolute atomic E-state index is 0.120. The highest BCUT2D eigenvalue weighted by molar-refractivity contribution is 7.89. The molecule has 0 unspecified atom stereocenters. The molecule has 0 saturated heterocycles. The molecule has 28 heavy (non-hydrogen) atoms. The fraction of sp³-hybridized carbons (Fsp3) is 0.158. The van der Waals surface area contributed by atoms with Gasteiger partial charge in [0.15, 0.2) is 0 Å². The minimum Gasteiger partial charge on any atom is -0.326 e. The first-order valence-electron chi connectivity index (χ1n) is 8.28. The van der Waals surface area contributed by atoms with Gasteiger partial charge in [-0.05, 0) is 36.4 Å². The van der Waals surface area contributed by atoms with E-state index in [0.29, 0.717) is 16.4 Å². The number of carbonyl (C=O) groups is 1. The topological polar surface area (TPSA) is 79.4 Å². The predicted octanol–water partition coefficient (Wildman–Crippen LogP) is 3.90. The van der Waals surface area contributed by atoms with Gasteiger partial charge in [-0.25, -0.2) is 17.7 Å². The largest absolute Gasteiger partial charge is 0.326 e. The van der Waals surface area contributed by atoms with Gasteiger partial charge in [0.1, 0.15) is 5.01 Å². The van der Waals surface area contributed by atoms with E-state index in [1.807, 2.05) is 23.6 Å². The molecule has 146 valence electrons. The van der Waals surface area contributed by atoms with E-state index in [4.69, 9.17) is 11.6 Å². The summed E-state index contributed by atoms with van der Waals surface area (Å²) >= 11 is 7.45. The molecule has 1 heterocycles. The van der Waals surface area contributed by atoms with Crippen molar-refractivity contribution in [1.82, 2.24) is 9.29 Å². The number of halogens is 1. The Hall–Kier alpha value is -2.26. The van der Waals surface area contributed by atoms with Crippen LogP contribution in [-0.4, -0.2) is 37.7 Å². The Morgan fingerprint density at radius 3 is 2.54 bits per heavy atom. The fourth-order valence-electron chi connectivity index (χ4n) is 2.43. The molecule has 0 radical (unpaired) electrons. The average Bonchev–Trinajstić information content (AvgIpc) is 3.10. The summed E-state index contributed by atoms with van der Waals surface area (Å²) in [6, 6.07) is 13.4. The van der Waals surface area contributed by atoms with Crippen LogP contribution in [0.15, 0.2) is 58.8 Å². The Morgan fingerprint density at radius 2 is 1.89 bits per heavy atom. The van der Waals surface area contributed by atoms with Gasteiger partial charge in [-0.15, -0.1) is 11.3 Å². The van der Waals surface area contributed by atoms with Crippen LogP contribution in [0.25, 0.3) is 10.6 Å². The van der Waals surface area contributed by atoms with Crippen molar-refractivity contribution in [3.63, 3.8) is 0 Å². The molecule has 0 bridgehead atoms. The number of nitrogens with zero attached hydrogens (tertiary/aromatic N) is 2. The smallest absolute Gasteiger partial charge is 0.242 e. The number of carbonyl (C=O) groups excluding carboxylic acids is 1. The third-order valence-electron chi connectivity index (χ3n) is 3.88. The van der Waals surface area contributed by atoms with Gasteiger partial charge < -0.3 is 5.32 Å². The Labute approximate surface area is 172 Å². The van der Waals surface area contributed by atoms with E-state index in [1.165, 1.54) is 37.6 Å². The molecule has 9 heteroatoms. The predicted molar refractivity (Wildman–Crippen MR) is 112 cm³/mol. The van der Waals surface area contributed by atoms with Crippen LogP contribution < -0.4 is 5.32 Å². The monoisotopic (exact) mass is 435 g/mol. The Bertz CT molecular complexity index is 1090. The van der Waals surface area contributed by atoms with Gasteiger partial charge in [0.05, 0.1) is 17.0 Å². The summed E-state index contributed by atoms with van der Waals surface area (Å²) in [7, 11) is -0.557. The summed E-state index contributed by atoms with van der Waals surface area (Å²) in [4.78, 5) is 16.9. The number of anilines is 1. The molecular weight excluding hydrogens is 418 g/mol. The first kappa shape index (κ1) is 20.5. The summed E-state index contributed by atoms with van der Waals surface area (Å²) in [5.74, 6) is -0.230. The molecule has 3 rings (SSSR count). The van der Waals surface area contributed by atoms with Gasteiger partial charge in [0, 0.05) is 35.7 Å². The van der Waals surface area contributed by atoms with Crippen LogP contribution in [0.1, 0.15) is 5.69 Å². The van der Waals surface area contributed by atoms with E-state index in [2.05, 4.69) is 10.3 Å². The molecule has 2 aromatic carbocycles. The normalized spacial score (nSPS) is 11.6. The maximum absolute atomic E-state index is 12.3. The average molecular weight is 436 g/mol. The molecule has 0 saturated carbocycles. The number of sulfonamides is 1. The molecule has 3 aromatic rings. The Morgan fingerprint density at radius 1 is 1.18 bits per heavy atom. The van der Waals surface area contributed by atoms with Gasteiger partial charge in [0.25, 0.3) is 0 Å². The quantitative estimate of drug-likeness (QED) is 0.636. The number of thiazole rings is 1. The maximum atomic E-state index is 12.3. The van der Waals surface area contributed by atoms with Crippen molar-refractivity contribution in [2.75, 3.05) is 19.4 Å². The van der Waals surface area contributed by atoms with Crippen LogP contribution in [0.3, 0.4) is 0 Å². The van der Waals surface area contributed by atoms with E-state index < -0.39 is 10.0 Å². The number of hydrogen-bond donors (Lipinski definition) is 1. The van der Waals surface area contributed by atoms with Crippen LogP contribution in [0.4, 0.5) is 5.69 Å². The maximum Gasteiger partial charge on any atom is 0.242 e. The second-order valence-electron chi connectivity index (χ2n) is 6.19. The molecule has 1 aromatic heterocycles. The minimum atomic E-state index is -3.49. The van der Waals surface area contributed by atoms with Crippen molar-refractivity contribution >= 4 is 44.6 Å². The number of rotatable bonds is 6. The van der Waals surface area contributed by atoms with Crippen molar-refractivity contribution in [1.29, 1.82) is 0 Å². The van der Waals surface area contributed by atoms with Crippen LogP contribution in [0.2, 0.25) is 5.02 Å². The van der Waals surface area contributed by atoms with Crippen LogP contribution in [0, 0.1) is 0 Å². The molecule has 6 nitrogen and oxygen atoms in total. The fourth-order valence-corrected chi connectivity index (χ4v) is 4.34. The summed E-state index contributed by atoms with van der Waals surface area (Å²) in [6.45, 7) is 0. The molecule has 1 amide bonds. The highest BCUT2D eigenvalue weighted by Gasteiger charge is 2.17. The molecule has 1 N–H and O–H groups in total. The van der Waals surface area contributed by atoms with Gasteiger partial charge >= 0.3 is 0 Å². The van der Waals surface area contributed by atoms with E-state index in [1.54, 1.807) is 18.2 Å². The zero-order valence-corrected chi connectivity index (χ0v) is 17.6. The lowest BCUT2D eigenvalue weighted by Crippen LogP contribution is -2.22. The lowest BCUT2D eigenvalue weighted by atomic mass is 10.2. The lowest BCUT2D eigenvalue weighted by molar-refractivity contribution is -0.115. The number of aromatic nitrogens is 1. The van der Waals surface area contributed by atoms with Crippen molar-refractivity contribution in [3.8, 4) is 10.6 Å². The third kappa shape index (κ3) is 4.77. The first-order valence-corrected chi connectivity index (χ1v) is 11.0. The lowest BCUT2D eigenvalue weighted by Gasteiger charge is -2.11. The SMILES string of the molecule is CN(C)S(=O)(=O)c1ccc(NC(=O)Cc2csc(-c3cccc(Cl)c3)n2)cc1. The third-order valence-corrected chi connectivity index (χ3v) is 6.89. The molecule has 0 spiro atoms. The van der Waals surface area contributed by atoms with E-state index in [0.717, 1.165) is 14.9 Å². The van der Waals surface area contributed by atoms with Crippen LogP contribution in [-0.2, 0) is 21.2 Å². The van der Waals surface area contributed by atoms with Crippen molar-refractivity contribution in [2.24, 2.45) is 0 Å². The van der Waals surface area contributed by atoms with Gasteiger partial charge in [-0.2, -0.15) is 0 Å². The Balaban J connectivity index is 1.65. The van der Waals surface area contributed by atoms with Gasteiger partial charge in [-0.1, -0.05) is 23.7 Å². The molecular formula is C19H18ClN3O3S2. The first-order chi connectivity index (χ1) is 13.3. The molecule has 0 aliphatic carbocycles. The van der Waals surface area contributed by atoms with Crippen molar-refractivity contribution < 1.29 is 13.2 Å². The van der Waals surface area contributed by atoms with Gasteiger partial charge in [0.2, 0.25) is 15.9 Å². The van der Waals surface area contributed by atoms with E-state index in [-0.39, 0.29) is 17.2 Å². The number of benzene rings is 2. The highest BCUT2D eigenvalue weighted by atomic mass is 35.5. The van der Waals surface area contributed by atoms with Crippen LogP contribution in [0.5, 0.6) is 0 Å². The summed E-state index contributed by atoms with van der Waals surface area (Å²) in [6.07, 6.45) is 0.120. The summed E-state index contributed by atoms with van der Waals surface area (Å²) < 4.78 is 25.3. The zero-order chi connectivity index (χ0) is 20.3. The summed E-state index contributed by atoms with van der Waals surface area (Å²) in [5, 5.41) is 6.01. The van der Waals surface area contributed by atoms with Crippen LogP contribution >= 0.6 is 22.9 Å². The second-order valence-corrected chi connectivity index (χ2v) is 9.64.